The van der Waals surface area contributed by atoms with E-state index < -0.39 is 34.5 Å². The number of para-hydroxylation sites is 1. The molecule has 0 saturated carbocycles. The number of ether oxygens (including phenoxy) is 2. The van der Waals surface area contributed by atoms with Crippen molar-refractivity contribution in [2.75, 3.05) is 7.11 Å². The number of aromatic nitrogens is 3. The van der Waals surface area contributed by atoms with Crippen LogP contribution in [-0.2, 0) is 21.6 Å². The van der Waals surface area contributed by atoms with E-state index in [1.807, 2.05) is 0 Å². The third-order valence-electron chi connectivity index (χ3n) is 6.55. The van der Waals surface area contributed by atoms with Crippen LogP contribution in [0.2, 0.25) is 0 Å². The molecule has 0 radical (unpaired) electrons. The summed E-state index contributed by atoms with van der Waals surface area (Å²) < 4.78 is 18.6. The minimum absolute atomic E-state index is 0.189. The molecule has 0 amide bonds. The van der Waals surface area contributed by atoms with Crippen LogP contribution in [0.25, 0.3) is 22.4 Å². The van der Waals surface area contributed by atoms with Gasteiger partial charge in [-0.05, 0) is 65.3 Å². The summed E-state index contributed by atoms with van der Waals surface area (Å²) in [4.78, 5) is 45.5. The quantitative estimate of drug-likeness (QED) is 0.353. The monoisotopic (exact) mass is 535 g/mol. The molecule has 0 saturated heterocycles. The number of nitrogens with zero attached hydrogens (tertiary/aromatic N) is 3. The lowest BCUT2D eigenvalue weighted by molar-refractivity contribution is -0.164. The van der Waals surface area contributed by atoms with Crippen LogP contribution in [-0.4, -0.2) is 37.9 Å². The van der Waals surface area contributed by atoms with E-state index in [0.29, 0.717) is 33.8 Å². The van der Waals surface area contributed by atoms with Gasteiger partial charge < -0.3 is 19.0 Å². The number of hydrogen-bond donors (Lipinski definition) is 1. The Balaban J connectivity index is 2.02. The lowest BCUT2D eigenvalue weighted by atomic mass is 10.0. The molecule has 1 unspecified atom stereocenters. The van der Waals surface area contributed by atoms with E-state index in [1.165, 1.54) is 38.0 Å². The Bertz CT molecular complexity index is 1640. The summed E-state index contributed by atoms with van der Waals surface area (Å²) in [5.41, 5.74) is -2.11. The van der Waals surface area contributed by atoms with Crippen LogP contribution in [0.4, 0.5) is 0 Å². The summed E-state index contributed by atoms with van der Waals surface area (Å²) in [5, 5.41) is 11.4. The number of carbonyl (C=O) groups is 1. The lowest BCUT2D eigenvalue weighted by Crippen LogP contribution is -2.54. The minimum Gasteiger partial charge on any atom is -0.496 e. The first kappa shape index (κ1) is 27.8. The number of aliphatic hydroxyl groups excluding tert-OH is 1. The van der Waals surface area contributed by atoms with Gasteiger partial charge in [0.15, 0.2) is 0 Å². The summed E-state index contributed by atoms with van der Waals surface area (Å²) in [5.74, 6) is 0.0116. The van der Waals surface area contributed by atoms with Gasteiger partial charge in [0.25, 0.3) is 5.56 Å². The van der Waals surface area contributed by atoms with Crippen molar-refractivity contribution in [3.63, 3.8) is 0 Å². The Morgan fingerprint density at radius 2 is 1.79 bits per heavy atom. The molecule has 10 heteroatoms. The van der Waals surface area contributed by atoms with E-state index in [0.717, 1.165) is 4.57 Å². The third kappa shape index (κ3) is 5.12. The van der Waals surface area contributed by atoms with Crippen LogP contribution >= 0.6 is 0 Å². The van der Waals surface area contributed by atoms with Gasteiger partial charge in [-0.25, -0.2) is 19.1 Å². The zero-order valence-corrected chi connectivity index (χ0v) is 23.1. The lowest BCUT2D eigenvalue weighted by Gasteiger charge is -2.30. The van der Waals surface area contributed by atoms with Crippen molar-refractivity contribution in [3.8, 4) is 17.2 Å². The number of aryl methyl sites for hydroxylation is 1. The molecular weight excluding hydrogens is 502 g/mol. The zero-order valence-electron chi connectivity index (χ0n) is 23.1. The molecular formula is C29H33N3O7. The molecule has 0 bridgehead atoms. The number of esters is 1. The summed E-state index contributed by atoms with van der Waals surface area (Å²) in [7, 11) is 1.49. The van der Waals surface area contributed by atoms with E-state index in [9.17, 15) is 19.5 Å². The normalized spacial score (nSPS) is 12.9. The molecule has 0 fully saturated rings. The number of methoxy groups -OCH3 is 1. The Kier molecular flexibility index (Phi) is 7.27. The number of benzene rings is 2. The van der Waals surface area contributed by atoms with Crippen LogP contribution < -0.4 is 16.0 Å². The van der Waals surface area contributed by atoms with Gasteiger partial charge in [0.2, 0.25) is 5.89 Å². The van der Waals surface area contributed by atoms with Crippen molar-refractivity contribution in [1.82, 2.24) is 14.1 Å². The second-order valence-electron chi connectivity index (χ2n) is 10.8. The minimum atomic E-state index is -1.67. The van der Waals surface area contributed by atoms with E-state index in [4.69, 9.17) is 13.9 Å². The van der Waals surface area contributed by atoms with Gasteiger partial charge in [-0.2, -0.15) is 0 Å². The third-order valence-corrected chi connectivity index (χ3v) is 6.55. The maximum Gasteiger partial charge on any atom is 0.332 e. The number of carbonyl (C=O) groups excluding carboxylic acids is 1. The van der Waals surface area contributed by atoms with Crippen LogP contribution in [0.1, 0.15) is 51.8 Å². The molecule has 206 valence electrons. The van der Waals surface area contributed by atoms with Crippen molar-refractivity contribution < 1.29 is 23.8 Å². The fraction of sp³-hybridized carbons (Fsp3) is 0.379. The maximum atomic E-state index is 14.0. The number of rotatable bonds is 7. The van der Waals surface area contributed by atoms with Crippen LogP contribution in [0, 0.1) is 6.92 Å². The molecule has 4 rings (SSSR count). The van der Waals surface area contributed by atoms with E-state index in [2.05, 4.69) is 4.98 Å². The first-order chi connectivity index (χ1) is 18.3. The van der Waals surface area contributed by atoms with Crippen molar-refractivity contribution in [1.29, 1.82) is 0 Å². The summed E-state index contributed by atoms with van der Waals surface area (Å²) in [6, 6.07) is 10.2. The van der Waals surface area contributed by atoms with Gasteiger partial charge in [0, 0.05) is 11.1 Å². The molecule has 39 heavy (non-hydrogen) atoms. The molecule has 1 atom stereocenters. The predicted octanol–water partition coefficient (Wildman–Crippen LogP) is 3.95. The zero-order chi connectivity index (χ0) is 28.7. The fourth-order valence-electron chi connectivity index (χ4n) is 4.58. The van der Waals surface area contributed by atoms with Gasteiger partial charge in [-0.1, -0.05) is 18.2 Å². The highest BCUT2D eigenvalue weighted by molar-refractivity contribution is 5.88. The van der Waals surface area contributed by atoms with Gasteiger partial charge in [0.05, 0.1) is 30.8 Å². The second-order valence-corrected chi connectivity index (χ2v) is 10.8. The van der Waals surface area contributed by atoms with Crippen LogP contribution in [0.15, 0.2) is 62.9 Å². The first-order valence-corrected chi connectivity index (χ1v) is 12.5. The standard InChI is InChI=1S/C29H33N3O7/c1-17-18(24-30-14-15-38-24)12-13-20-23(17)25(34)32(29(5,6)26(35)39-28(2,3)4)27(36)31(20)16-21(33)19-10-8-9-11-22(19)37-7/h8-15,21,33H,16H2,1-7H3. The molecule has 0 aliphatic rings. The fourth-order valence-corrected chi connectivity index (χ4v) is 4.58. The van der Waals surface area contributed by atoms with Gasteiger partial charge >= 0.3 is 11.7 Å². The van der Waals surface area contributed by atoms with Crippen molar-refractivity contribution in [2.45, 2.75) is 65.3 Å². The largest absolute Gasteiger partial charge is 0.496 e. The summed E-state index contributed by atoms with van der Waals surface area (Å²) in [6.07, 6.45) is 1.75. The molecule has 2 heterocycles. The highest BCUT2D eigenvalue weighted by Gasteiger charge is 2.38. The topological polar surface area (TPSA) is 126 Å². The Labute approximate surface area is 225 Å². The first-order valence-electron chi connectivity index (χ1n) is 12.5. The number of aliphatic hydroxyl groups is 1. The molecule has 10 nitrogen and oxygen atoms in total. The van der Waals surface area contributed by atoms with Gasteiger partial charge in [0.1, 0.15) is 29.3 Å². The summed E-state index contributed by atoms with van der Waals surface area (Å²) >= 11 is 0. The smallest absolute Gasteiger partial charge is 0.332 e. The highest BCUT2D eigenvalue weighted by atomic mass is 16.6. The molecule has 0 aliphatic heterocycles. The summed E-state index contributed by atoms with van der Waals surface area (Å²) in [6.45, 7) is 9.56. The molecule has 0 spiro atoms. The highest BCUT2D eigenvalue weighted by Crippen LogP contribution is 2.30. The molecule has 4 aromatic rings. The van der Waals surface area contributed by atoms with E-state index >= 15 is 0 Å². The Morgan fingerprint density at radius 3 is 2.41 bits per heavy atom. The molecule has 0 aliphatic carbocycles. The van der Waals surface area contributed by atoms with Crippen molar-refractivity contribution in [3.05, 3.63) is 80.8 Å². The predicted molar refractivity (Wildman–Crippen MR) is 146 cm³/mol. The van der Waals surface area contributed by atoms with Gasteiger partial charge in [-0.15, -0.1) is 0 Å². The number of hydrogen-bond acceptors (Lipinski definition) is 8. The average Bonchev–Trinajstić information content (AvgIpc) is 3.39. The van der Waals surface area contributed by atoms with E-state index in [-0.39, 0.29) is 11.9 Å². The van der Waals surface area contributed by atoms with Crippen molar-refractivity contribution >= 4 is 16.9 Å². The van der Waals surface area contributed by atoms with Crippen molar-refractivity contribution in [2.24, 2.45) is 0 Å². The number of oxazole rings is 1. The van der Waals surface area contributed by atoms with Gasteiger partial charge in [-0.3, -0.25) is 9.36 Å². The van der Waals surface area contributed by atoms with Crippen LogP contribution in [0.5, 0.6) is 5.75 Å². The molecule has 2 aromatic carbocycles. The second kappa shape index (κ2) is 10.2. The van der Waals surface area contributed by atoms with Crippen LogP contribution in [0.3, 0.4) is 0 Å². The average molecular weight is 536 g/mol. The maximum absolute atomic E-state index is 14.0. The van der Waals surface area contributed by atoms with E-state index in [1.54, 1.807) is 64.1 Å². The molecule has 2 aromatic heterocycles. The molecule has 1 N–H and O–H groups in total. The number of fused-ring (bicyclic) bond motifs is 1. The Hall–Kier alpha value is -4.18. The SMILES string of the molecule is COc1ccccc1C(O)Cn1c(=O)n(C(C)(C)C(=O)OC(C)(C)C)c(=O)c2c(C)c(-c3ncco3)ccc21. The Morgan fingerprint density at radius 1 is 1.10 bits per heavy atom.